The Morgan fingerprint density at radius 1 is 1.22 bits per heavy atom. The first-order chi connectivity index (χ1) is 8.70. The second-order valence-corrected chi connectivity index (χ2v) is 4.33. The highest BCUT2D eigenvalue weighted by Gasteiger charge is 2.12. The van der Waals surface area contributed by atoms with Gasteiger partial charge in [-0.25, -0.2) is 0 Å². The van der Waals surface area contributed by atoms with Crippen LogP contribution in [0.2, 0.25) is 0 Å². The van der Waals surface area contributed by atoms with E-state index in [9.17, 15) is 4.79 Å². The number of nitrogens with one attached hydrogen (secondary N) is 1. The molecule has 1 aromatic carbocycles. The number of rotatable bonds is 4. The number of anilines is 1. The minimum atomic E-state index is -0.208. The standard InChI is InChI=1S/C15H17NO2/c1-3-4-12-5-7-13(8-6-12)16-15(17)14-11(2)9-10-18-14/h5-10H,3-4H2,1-2H3,(H,16,17). The van der Waals surface area contributed by atoms with Crippen molar-refractivity contribution in [1.82, 2.24) is 0 Å². The van der Waals surface area contributed by atoms with Gasteiger partial charge >= 0.3 is 0 Å². The summed E-state index contributed by atoms with van der Waals surface area (Å²) in [6.07, 6.45) is 3.71. The van der Waals surface area contributed by atoms with Gasteiger partial charge in [0.25, 0.3) is 5.91 Å². The summed E-state index contributed by atoms with van der Waals surface area (Å²) in [5, 5.41) is 2.82. The topological polar surface area (TPSA) is 42.2 Å². The van der Waals surface area contributed by atoms with E-state index in [4.69, 9.17) is 4.42 Å². The van der Waals surface area contributed by atoms with E-state index in [1.54, 1.807) is 6.07 Å². The highest BCUT2D eigenvalue weighted by molar-refractivity contribution is 6.03. The van der Waals surface area contributed by atoms with Crippen molar-refractivity contribution in [3.8, 4) is 0 Å². The van der Waals surface area contributed by atoms with Gasteiger partial charge in [-0.1, -0.05) is 25.5 Å². The number of furan rings is 1. The molecule has 1 heterocycles. The largest absolute Gasteiger partial charge is 0.459 e. The molecule has 18 heavy (non-hydrogen) atoms. The van der Waals surface area contributed by atoms with E-state index in [1.165, 1.54) is 11.8 Å². The molecular weight excluding hydrogens is 226 g/mol. The Balaban J connectivity index is 2.05. The summed E-state index contributed by atoms with van der Waals surface area (Å²) in [6.45, 7) is 4.00. The first-order valence-corrected chi connectivity index (χ1v) is 6.15. The van der Waals surface area contributed by atoms with Crippen LogP contribution in [0.15, 0.2) is 41.0 Å². The molecule has 0 unspecified atom stereocenters. The fourth-order valence-electron chi connectivity index (χ4n) is 1.84. The van der Waals surface area contributed by atoms with Crippen molar-refractivity contribution >= 4 is 11.6 Å². The Morgan fingerprint density at radius 3 is 2.50 bits per heavy atom. The second kappa shape index (κ2) is 5.54. The van der Waals surface area contributed by atoms with Crippen LogP contribution in [0.25, 0.3) is 0 Å². The average Bonchev–Trinajstić information content (AvgIpc) is 2.78. The zero-order valence-corrected chi connectivity index (χ0v) is 10.7. The van der Waals surface area contributed by atoms with Crippen molar-refractivity contribution in [3.63, 3.8) is 0 Å². The third kappa shape index (κ3) is 2.80. The van der Waals surface area contributed by atoms with Crippen LogP contribution in [0.3, 0.4) is 0 Å². The van der Waals surface area contributed by atoms with Crippen molar-refractivity contribution in [2.24, 2.45) is 0 Å². The van der Waals surface area contributed by atoms with E-state index in [0.717, 1.165) is 24.1 Å². The van der Waals surface area contributed by atoms with E-state index in [1.807, 2.05) is 31.2 Å². The summed E-state index contributed by atoms with van der Waals surface area (Å²) in [7, 11) is 0. The Hall–Kier alpha value is -2.03. The second-order valence-electron chi connectivity index (χ2n) is 4.33. The van der Waals surface area contributed by atoms with E-state index in [-0.39, 0.29) is 5.91 Å². The van der Waals surface area contributed by atoms with Gasteiger partial charge in [-0.3, -0.25) is 4.79 Å². The maximum atomic E-state index is 11.9. The van der Waals surface area contributed by atoms with Gasteiger partial charge in [0.15, 0.2) is 5.76 Å². The summed E-state index contributed by atoms with van der Waals surface area (Å²) in [5.74, 6) is 0.161. The predicted molar refractivity (Wildman–Crippen MR) is 71.8 cm³/mol. The molecule has 2 aromatic rings. The Morgan fingerprint density at radius 2 is 1.94 bits per heavy atom. The maximum absolute atomic E-state index is 11.9. The SMILES string of the molecule is CCCc1ccc(NC(=O)c2occc2C)cc1. The lowest BCUT2D eigenvalue weighted by atomic mass is 10.1. The van der Waals surface area contributed by atoms with Gasteiger partial charge in [0.2, 0.25) is 0 Å². The van der Waals surface area contributed by atoms with Gasteiger partial charge in [0.1, 0.15) is 0 Å². The molecule has 0 radical (unpaired) electrons. The van der Waals surface area contributed by atoms with Gasteiger partial charge in [-0.15, -0.1) is 0 Å². The van der Waals surface area contributed by atoms with E-state index in [2.05, 4.69) is 12.2 Å². The summed E-state index contributed by atoms with van der Waals surface area (Å²) < 4.78 is 5.15. The van der Waals surface area contributed by atoms with E-state index >= 15 is 0 Å². The lowest BCUT2D eigenvalue weighted by Crippen LogP contribution is -2.11. The quantitative estimate of drug-likeness (QED) is 0.887. The molecule has 3 nitrogen and oxygen atoms in total. The van der Waals surface area contributed by atoms with E-state index in [0.29, 0.717) is 5.76 Å². The molecule has 1 N–H and O–H groups in total. The van der Waals surface area contributed by atoms with Gasteiger partial charge in [0.05, 0.1) is 6.26 Å². The molecule has 0 spiro atoms. The Kier molecular flexibility index (Phi) is 3.82. The zero-order chi connectivity index (χ0) is 13.0. The van der Waals surface area contributed by atoms with Crippen LogP contribution < -0.4 is 5.32 Å². The van der Waals surface area contributed by atoms with Gasteiger partial charge in [-0.05, 0) is 37.1 Å². The molecule has 0 aliphatic rings. The van der Waals surface area contributed by atoms with Crippen molar-refractivity contribution in [2.45, 2.75) is 26.7 Å². The molecule has 0 saturated carbocycles. The van der Waals surface area contributed by atoms with Crippen LogP contribution in [0.1, 0.15) is 35.0 Å². The molecular formula is C15H17NO2. The summed E-state index contributed by atoms with van der Waals surface area (Å²) in [4.78, 5) is 11.9. The molecule has 0 fully saturated rings. The summed E-state index contributed by atoms with van der Waals surface area (Å²) in [6, 6.07) is 9.68. The number of amides is 1. The number of carbonyl (C=O) groups excluding carboxylic acids is 1. The molecule has 0 saturated heterocycles. The molecule has 1 aromatic heterocycles. The van der Waals surface area contributed by atoms with Gasteiger partial charge < -0.3 is 9.73 Å². The fourth-order valence-corrected chi connectivity index (χ4v) is 1.84. The van der Waals surface area contributed by atoms with Crippen molar-refractivity contribution in [1.29, 1.82) is 0 Å². The summed E-state index contributed by atoms with van der Waals surface area (Å²) in [5.41, 5.74) is 2.91. The number of benzene rings is 1. The third-order valence-electron chi connectivity index (χ3n) is 2.82. The molecule has 0 aliphatic heterocycles. The highest BCUT2D eigenvalue weighted by Crippen LogP contribution is 2.14. The van der Waals surface area contributed by atoms with Gasteiger partial charge in [0, 0.05) is 11.3 Å². The fraction of sp³-hybridized carbons (Fsp3) is 0.267. The zero-order valence-electron chi connectivity index (χ0n) is 10.7. The van der Waals surface area contributed by atoms with Crippen LogP contribution in [0, 0.1) is 6.92 Å². The lowest BCUT2D eigenvalue weighted by molar-refractivity contribution is 0.0996. The highest BCUT2D eigenvalue weighted by atomic mass is 16.3. The molecule has 0 bridgehead atoms. The van der Waals surface area contributed by atoms with Crippen LogP contribution >= 0.6 is 0 Å². The van der Waals surface area contributed by atoms with Crippen LogP contribution in [-0.2, 0) is 6.42 Å². The first kappa shape index (κ1) is 12.4. The normalized spacial score (nSPS) is 10.3. The molecule has 2 rings (SSSR count). The van der Waals surface area contributed by atoms with Crippen LogP contribution in [0.4, 0.5) is 5.69 Å². The smallest absolute Gasteiger partial charge is 0.291 e. The lowest BCUT2D eigenvalue weighted by Gasteiger charge is -2.05. The maximum Gasteiger partial charge on any atom is 0.291 e. The Bertz CT molecular complexity index is 526. The minimum absolute atomic E-state index is 0.208. The number of carbonyl (C=O) groups is 1. The average molecular weight is 243 g/mol. The van der Waals surface area contributed by atoms with E-state index < -0.39 is 0 Å². The first-order valence-electron chi connectivity index (χ1n) is 6.15. The number of hydrogen-bond donors (Lipinski definition) is 1. The van der Waals surface area contributed by atoms with Crippen molar-refractivity contribution in [3.05, 3.63) is 53.5 Å². The third-order valence-corrected chi connectivity index (χ3v) is 2.82. The summed E-state index contributed by atoms with van der Waals surface area (Å²) >= 11 is 0. The molecule has 3 heteroatoms. The van der Waals surface area contributed by atoms with Crippen molar-refractivity contribution in [2.75, 3.05) is 5.32 Å². The van der Waals surface area contributed by atoms with Crippen LogP contribution in [0.5, 0.6) is 0 Å². The molecule has 0 atom stereocenters. The predicted octanol–water partition coefficient (Wildman–Crippen LogP) is 3.79. The molecule has 1 amide bonds. The van der Waals surface area contributed by atoms with Gasteiger partial charge in [-0.2, -0.15) is 0 Å². The van der Waals surface area contributed by atoms with Crippen molar-refractivity contribution < 1.29 is 9.21 Å². The van der Waals surface area contributed by atoms with Crippen LogP contribution in [-0.4, -0.2) is 5.91 Å². The minimum Gasteiger partial charge on any atom is -0.459 e. The number of aryl methyl sites for hydroxylation is 2. The number of hydrogen-bond acceptors (Lipinski definition) is 2. The monoisotopic (exact) mass is 243 g/mol. The molecule has 0 aliphatic carbocycles. The molecule has 94 valence electrons. The Labute approximate surface area is 107 Å².